The molecule has 2 N–H and O–H groups in total. The van der Waals surface area contributed by atoms with E-state index < -0.39 is 10.0 Å². The second-order valence-electron chi connectivity index (χ2n) is 2.86. The molecule has 0 saturated heterocycles. The molecule has 2 heterocycles. The van der Waals surface area contributed by atoms with Gasteiger partial charge in [0.2, 0.25) is 5.95 Å². The van der Waals surface area contributed by atoms with Gasteiger partial charge in [-0.05, 0) is 0 Å². The van der Waals surface area contributed by atoms with Crippen LogP contribution in [-0.4, -0.2) is 33.4 Å². The average Bonchev–Trinajstić information content (AvgIpc) is 2.76. The summed E-state index contributed by atoms with van der Waals surface area (Å²) < 4.78 is 27.1. The number of nitrogens with zero attached hydrogens (tertiary/aromatic N) is 4. The monoisotopic (exact) mass is 262 g/mol. The lowest BCUT2D eigenvalue weighted by atomic mass is 10.7. The molecule has 0 aliphatic rings. The lowest BCUT2D eigenvalue weighted by Crippen LogP contribution is -2.17. The normalized spacial score (nSPS) is 11.6. The van der Waals surface area contributed by atoms with Crippen molar-refractivity contribution in [1.29, 1.82) is 0 Å². The number of aryl methyl sites for hydroxylation is 1. The first-order chi connectivity index (χ1) is 7.50. The molecule has 0 atom stereocenters. The van der Waals surface area contributed by atoms with E-state index in [1.165, 1.54) is 19.6 Å². The van der Waals surface area contributed by atoms with Gasteiger partial charge in [-0.25, -0.2) is 9.82 Å². The Bertz CT molecular complexity index is 569. The van der Waals surface area contributed by atoms with E-state index in [0.29, 0.717) is 0 Å². The largest absolute Gasteiger partial charge is 0.282 e. The van der Waals surface area contributed by atoms with E-state index in [2.05, 4.69) is 25.0 Å². The molecule has 10 heteroatoms. The second-order valence-corrected chi connectivity index (χ2v) is 4.87. The van der Waals surface area contributed by atoms with E-state index in [1.807, 2.05) is 0 Å². The molecule has 16 heavy (non-hydrogen) atoms. The molecule has 2 aromatic rings. The van der Waals surface area contributed by atoms with Crippen LogP contribution in [0.4, 0.5) is 5.95 Å². The molecule has 0 aliphatic heterocycles. The van der Waals surface area contributed by atoms with Crippen LogP contribution in [0.25, 0.3) is 0 Å². The fourth-order valence-electron chi connectivity index (χ4n) is 1.13. The lowest BCUT2D eigenvalue weighted by molar-refractivity contribution is 0.582. The van der Waals surface area contributed by atoms with Crippen molar-refractivity contribution in [3.8, 4) is 0 Å². The highest BCUT2D eigenvalue weighted by molar-refractivity contribution is 7.92. The van der Waals surface area contributed by atoms with Crippen molar-refractivity contribution >= 4 is 27.6 Å². The SMILES string of the molecule is Cn1ncc(Cl)c1S(=O)(=O)Nc1ncn[nH]1. The Morgan fingerprint density at radius 3 is 2.81 bits per heavy atom. The van der Waals surface area contributed by atoms with Gasteiger partial charge in [-0.15, -0.1) is 0 Å². The first kappa shape index (κ1) is 10.9. The Balaban J connectivity index is 2.40. The van der Waals surface area contributed by atoms with E-state index in [0.717, 1.165) is 4.68 Å². The zero-order chi connectivity index (χ0) is 11.8. The molecule has 0 spiro atoms. The number of nitrogens with one attached hydrogen (secondary N) is 2. The van der Waals surface area contributed by atoms with Crippen LogP contribution in [0, 0.1) is 0 Å². The summed E-state index contributed by atoms with van der Waals surface area (Å²) in [6, 6.07) is 0. The molecule has 0 aromatic carbocycles. The summed E-state index contributed by atoms with van der Waals surface area (Å²) in [7, 11) is -2.34. The lowest BCUT2D eigenvalue weighted by Gasteiger charge is -2.05. The van der Waals surface area contributed by atoms with Gasteiger partial charge in [0.05, 0.1) is 11.2 Å². The zero-order valence-corrected chi connectivity index (χ0v) is 9.62. The predicted octanol–water partition coefficient (Wildman–Crippen LogP) is -0.00760. The number of hydrogen-bond donors (Lipinski definition) is 2. The van der Waals surface area contributed by atoms with Crippen LogP contribution in [0.5, 0.6) is 0 Å². The third kappa shape index (κ3) is 1.86. The number of H-pyrrole nitrogens is 1. The zero-order valence-electron chi connectivity index (χ0n) is 8.05. The fourth-order valence-corrected chi connectivity index (χ4v) is 2.76. The molecule has 2 aromatic heterocycles. The molecule has 0 radical (unpaired) electrons. The summed E-state index contributed by atoms with van der Waals surface area (Å²) >= 11 is 5.72. The van der Waals surface area contributed by atoms with Crippen molar-refractivity contribution in [2.75, 3.05) is 4.72 Å². The summed E-state index contributed by atoms with van der Waals surface area (Å²) in [5.41, 5.74) is 0. The molecule has 0 aliphatic carbocycles. The van der Waals surface area contributed by atoms with E-state index in [9.17, 15) is 8.42 Å². The van der Waals surface area contributed by atoms with Crippen molar-refractivity contribution in [2.24, 2.45) is 7.05 Å². The molecular formula is C6H7ClN6O2S. The summed E-state index contributed by atoms with van der Waals surface area (Å²) in [6.07, 6.45) is 2.43. The number of halogens is 1. The van der Waals surface area contributed by atoms with Crippen molar-refractivity contribution in [1.82, 2.24) is 25.0 Å². The van der Waals surface area contributed by atoms with E-state index in [4.69, 9.17) is 11.6 Å². The van der Waals surface area contributed by atoms with Gasteiger partial charge in [-0.1, -0.05) is 11.6 Å². The van der Waals surface area contributed by atoms with Crippen LogP contribution in [0.2, 0.25) is 5.02 Å². The summed E-state index contributed by atoms with van der Waals surface area (Å²) in [5, 5.41) is 9.52. The molecule has 0 bridgehead atoms. The van der Waals surface area contributed by atoms with Gasteiger partial charge in [-0.3, -0.25) is 4.68 Å². The first-order valence-corrected chi connectivity index (χ1v) is 5.92. The number of aromatic nitrogens is 5. The number of anilines is 1. The van der Waals surface area contributed by atoms with Crippen molar-refractivity contribution in [2.45, 2.75) is 5.03 Å². The maximum absolute atomic E-state index is 11.9. The number of hydrogen-bond acceptors (Lipinski definition) is 5. The second kappa shape index (κ2) is 3.76. The van der Waals surface area contributed by atoms with Crippen molar-refractivity contribution in [3.63, 3.8) is 0 Å². The standard InChI is InChI=1S/C6H7ClN6O2S/c1-13-5(4(7)2-10-13)16(14,15)12-6-8-3-9-11-6/h2-3H,1H3,(H2,8,9,11,12). The maximum Gasteiger partial charge on any atom is 0.282 e. The quantitative estimate of drug-likeness (QED) is 0.809. The Labute approximate surface area is 95.7 Å². The fraction of sp³-hybridized carbons (Fsp3) is 0.167. The number of sulfonamides is 1. The van der Waals surface area contributed by atoms with Gasteiger partial charge < -0.3 is 0 Å². The molecule has 0 unspecified atom stereocenters. The van der Waals surface area contributed by atoms with E-state index in [-0.39, 0.29) is 16.0 Å². The molecule has 0 fully saturated rings. The van der Waals surface area contributed by atoms with Crippen LogP contribution < -0.4 is 4.72 Å². The van der Waals surface area contributed by atoms with E-state index in [1.54, 1.807) is 0 Å². The summed E-state index contributed by atoms with van der Waals surface area (Å²) in [4.78, 5) is 3.64. The third-order valence-corrected chi connectivity index (χ3v) is 3.59. The Morgan fingerprint density at radius 1 is 1.56 bits per heavy atom. The minimum Gasteiger partial charge on any atom is -0.254 e. The molecule has 0 amide bonds. The maximum atomic E-state index is 11.9. The van der Waals surface area contributed by atoms with Gasteiger partial charge in [-0.2, -0.15) is 23.6 Å². The molecule has 0 saturated carbocycles. The van der Waals surface area contributed by atoms with Crippen LogP contribution >= 0.6 is 11.6 Å². The van der Waals surface area contributed by atoms with Gasteiger partial charge in [0, 0.05) is 7.05 Å². The Hall–Kier alpha value is -1.61. The molecule has 86 valence electrons. The average molecular weight is 263 g/mol. The molecule has 8 nitrogen and oxygen atoms in total. The van der Waals surface area contributed by atoms with Gasteiger partial charge in [0.15, 0.2) is 5.03 Å². The number of aromatic amines is 1. The predicted molar refractivity (Wildman–Crippen MR) is 55.4 cm³/mol. The van der Waals surface area contributed by atoms with Gasteiger partial charge in [0.1, 0.15) is 6.33 Å². The van der Waals surface area contributed by atoms with Crippen molar-refractivity contribution < 1.29 is 8.42 Å². The van der Waals surface area contributed by atoms with Gasteiger partial charge in [0.25, 0.3) is 10.0 Å². The van der Waals surface area contributed by atoms with Crippen LogP contribution in [0.3, 0.4) is 0 Å². The van der Waals surface area contributed by atoms with Crippen LogP contribution in [0.1, 0.15) is 0 Å². The van der Waals surface area contributed by atoms with Crippen molar-refractivity contribution in [3.05, 3.63) is 17.5 Å². The minimum absolute atomic E-state index is 0.0114. The first-order valence-electron chi connectivity index (χ1n) is 4.06. The summed E-state index contributed by atoms with van der Waals surface area (Å²) in [5.74, 6) is 0.0114. The Kier molecular flexibility index (Phi) is 2.56. The highest BCUT2D eigenvalue weighted by Gasteiger charge is 2.23. The van der Waals surface area contributed by atoms with Crippen LogP contribution in [0.15, 0.2) is 17.6 Å². The molecular weight excluding hydrogens is 256 g/mol. The Morgan fingerprint density at radius 2 is 2.31 bits per heavy atom. The third-order valence-electron chi connectivity index (χ3n) is 1.74. The molecule has 2 rings (SSSR count). The smallest absolute Gasteiger partial charge is 0.254 e. The highest BCUT2D eigenvalue weighted by atomic mass is 35.5. The highest BCUT2D eigenvalue weighted by Crippen LogP contribution is 2.21. The summed E-state index contributed by atoms with van der Waals surface area (Å²) in [6.45, 7) is 0. The van der Waals surface area contributed by atoms with Gasteiger partial charge >= 0.3 is 0 Å². The minimum atomic E-state index is -3.82. The van der Waals surface area contributed by atoms with Crippen LogP contribution in [-0.2, 0) is 17.1 Å². The number of rotatable bonds is 3. The topological polar surface area (TPSA) is 106 Å². The van der Waals surface area contributed by atoms with E-state index >= 15 is 0 Å².